The molecule has 0 N–H and O–H groups in total. The molecule has 1 aliphatic carbocycles. The average Bonchev–Trinajstić information content (AvgIpc) is 2.80. The molecule has 0 bridgehead atoms. The Morgan fingerprint density at radius 3 is 2.32 bits per heavy atom. The van der Waals surface area contributed by atoms with Crippen molar-refractivity contribution in [2.24, 2.45) is 5.92 Å². The van der Waals surface area contributed by atoms with Gasteiger partial charge in [0.1, 0.15) is 5.75 Å². The van der Waals surface area contributed by atoms with E-state index in [9.17, 15) is 4.79 Å². The van der Waals surface area contributed by atoms with E-state index < -0.39 is 5.97 Å². The molecule has 0 heterocycles. The Labute approximate surface area is 190 Å². The fraction of sp³-hybridized carbons (Fsp3) is 0.667. The van der Waals surface area contributed by atoms with Gasteiger partial charge in [-0.25, -0.2) is 4.79 Å². The highest BCUT2D eigenvalue weighted by Crippen LogP contribution is 2.38. The van der Waals surface area contributed by atoms with Crippen LogP contribution in [0, 0.1) is 5.92 Å². The molecule has 1 aliphatic rings. The van der Waals surface area contributed by atoms with E-state index in [1.54, 1.807) is 0 Å². The first-order valence-corrected chi connectivity index (χ1v) is 12.4. The lowest BCUT2D eigenvalue weighted by molar-refractivity contribution is -0.130. The van der Waals surface area contributed by atoms with E-state index in [0.717, 1.165) is 25.6 Å². The van der Waals surface area contributed by atoms with Gasteiger partial charge < -0.3 is 14.4 Å². The molecule has 2 rings (SSSR count). The van der Waals surface area contributed by atoms with Gasteiger partial charge in [-0.05, 0) is 68.3 Å². The van der Waals surface area contributed by atoms with Crippen molar-refractivity contribution in [2.75, 3.05) is 32.8 Å². The van der Waals surface area contributed by atoms with Gasteiger partial charge in [0.05, 0.1) is 18.8 Å². The van der Waals surface area contributed by atoms with Crippen LogP contribution < -0.4 is 4.74 Å². The molecular weight excluding hydrogens is 386 g/mol. The van der Waals surface area contributed by atoms with Crippen molar-refractivity contribution >= 4 is 5.97 Å². The van der Waals surface area contributed by atoms with E-state index in [4.69, 9.17) is 9.47 Å². The average molecular weight is 430 g/mol. The molecule has 4 nitrogen and oxygen atoms in total. The summed E-state index contributed by atoms with van der Waals surface area (Å²) in [6.07, 6.45) is 10.7. The summed E-state index contributed by atoms with van der Waals surface area (Å²) in [5.41, 5.74) is 1.72. The van der Waals surface area contributed by atoms with Crippen molar-refractivity contribution in [3.05, 3.63) is 42.0 Å². The van der Waals surface area contributed by atoms with Crippen LogP contribution >= 0.6 is 0 Å². The normalized spacial score (nSPS) is 18.8. The number of carbonyl (C=O) groups excluding carboxylic acids is 1. The highest BCUT2D eigenvalue weighted by atomic mass is 16.5. The van der Waals surface area contributed by atoms with Crippen molar-refractivity contribution in [1.29, 1.82) is 0 Å². The SMILES string of the molecule is C=C(COCCN(CC)CC)C(=O)Oc1ccc(C2CCC(CCCCC)CC2)cc1. The van der Waals surface area contributed by atoms with Crippen molar-refractivity contribution < 1.29 is 14.3 Å². The topological polar surface area (TPSA) is 38.8 Å². The zero-order valence-electron chi connectivity index (χ0n) is 20.0. The van der Waals surface area contributed by atoms with Crippen LogP contribution in [0.4, 0.5) is 0 Å². The molecule has 0 unspecified atom stereocenters. The monoisotopic (exact) mass is 429 g/mol. The molecule has 0 radical (unpaired) electrons. The number of carbonyl (C=O) groups is 1. The van der Waals surface area contributed by atoms with E-state index in [1.165, 1.54) is 56.9 Å². The standard InChI is InChI=1S/C27H43NO3/c1-5-8-9-10-23-11-13-24(14-12-23)25-15-17-26(18-16-25)31-27(29)22(4)21-30-20-19-28(6-2)7-3/h15-18,23-24H,4-14,19-21H2,1-3H3. The second-order valence-electron chi connectivity index (χ2n) is 8.86. The lowest BCUT2D eigenvalue weighted by atomic mass is 9.77. The maximum Gasteiger partial charge on any atom is 0.341 e. The molecule has 0 aromatic heterocycles. The van der Waals surface area contributed by atoms with Gasteiger partial charge in [-0.1, -0.05) is 65.2 Å². The summed E-state index contributed by atoms with van der Waals surface area (Å²) in [6.45, 7) is 14.0. The molecular formula is C27H43NO3. The molecule has 4 heteroatoms. The molecule has 0 saturated heterocycles. The zero-order valence-corrected chi connectivity index (χ0v) is 20.0. The molecule has 1 saturated carbocycles. The number of hydrogen-bond donors (Lipinski definition) is 0. The van der Waals surface area contributed by atoms with Gasteiger partial charge in [-0.3, -0.25) is 0 Å². The first kappa shape index (κ1) is 25.6. The van der Waals surface area contributed by atoms with Crippen LogP contribution in [0.2, 0.25) is 0 Å². The number of nitrogens with zero attached hydrogens (tertiary/aromatic N) is 1. The van der Waals surface area contributed by atoms with Crippen LogP contribution in [-0.4, -0.2) is 43.7 Å². The Kier molecular flexibility index (Phi) is 11.9. The van der Waals surface area contributed by atoms with Crippen LogP contribution in [0.1, 0.15) is 83.6 Å². The van der Waals surface area contributed by atoms with Crippen LogP contribution in [0.15, 0.2) is 36.4 Å². The summed E-state index contributed by atoms with van der Waals surface area (Å²) in [4.78, 5) is 14.6. The van der Waals surface area contributed by atoms with Crippen LogP contribution in [0.5, 0.6) is 5.75 Å². The molecule has 0 atom stereocenters. The number of rotatable bonds is 14. The van der Waals surface area contributed by atoms with E-state index in [-0.39, 0.29) is 6.61 Å². The second kappa shape index (κ2) is 14.4. The summed E-state index contributed by atoms with van der Waals surface area (Å²) in [5.74, 6) is 1.72. The Bertz CT molecular complexity index is 643. The Balaban J connectivity index is 1.70. The first-order chi connectivity index (χ1) is 15.1. The van der Waals surface area contributed by atoms with Crippen LogP contribution in [0.25, 0.3) is 0 Å². The summed E-state index contributed by atoms with van der Waals surface area (Å²) < 4.78 is 11.1. The Morgan fingerprint density at radius 2 is 1.71 bits per heavy atom. The maximum atomic E-state index is 12.3. The molecule has 0 spiro atoms. The van der Waals surface area contributed by atoms with Gasteiger partial charge in [0, 0.05) is 6.54 Å². The van der Waals surface area contributed by atoms with Crippen molar-refractivity contribution in [1.82, 2.24) is 4.90 Å². The van der Waals surface area contributed by atoms with Gasteiger partial charge in [0.15, 0.2) is 0 Å². The minimum absolute atomic E-state index is 0.208. The predicted molar refractivity (Wildman–Crippen MR) is 129 cm³/mol. The molecule has 0 aliphatic heterocycles. The first-order valence-electron chi connectivity index (χ1n) is 12.4. The van der Waals surface area contributed by atoms with Crippen LogP contribution in [-0.2, 0) is 9.53 Å². The van der Waals surface area contributed by atoms with Gasteiger partial charge in [-0.15, -0.1) is 0 Å². The number of likely N-dealkylation sites (N-methyl/N-ethyl adjacent to an activating group) is 1. The largest absolute Gasteiger partial charge is 0.423 e. The van der Waals surface area contributed by atoms with Crippen LogP contribution in [0.3, 0.4) is 0 Å². The molecule has 1 aromatic rings. The minimum Gasteiger partial charge on any atom is -0.423 e. The molecule has 174 valence electrons. The van der Waals surface area contributed by atoms with Crippen molar-refractivity contribution in [3.63, 3.8) is 0 Å². The third-order valence-electron chi connectivity index (χ3n) is 6.64. The van der Waals surface area contributed by atoms with E-state index in [2.05, 4.69) is 44.4 Å². The summed E-state index contributed by atoms with van der Waals surface area (Å²) in [5, 5.41) is 0. The van der Waals surface area contributed by atoms with E-state index in [0.29, 0.717) is 23.8 Å². The number of hydrogen-bond acceptors (Lipinski definition) is 4. The quantitative estimate of drug-likeness (QED) is 0.149. The number of unbranched alkanes of at least 4 members (excludes halogenated alkanes) is 2. The van der Waals surface area contributed by atoms with E-state index >= 15 is 0 Å². The molecule has 31 heavy (non-hydrogen) atoms. The molecule has 1 fully saturated rings. The smallest absolute Gasteiger partial charge is 0.341 e. The van der Waals surface area contributed by atoms with Gasteiger partial charge >= 0.3 is 5.97 Å². The highest BCUT2D eigenvalue weighted by Gasteiger charge is 2.22. The van der Waals surface area contributed by atoms with Gasteiger partial charge in [-0.2, -0.15) is 0 Å². The molecule has 1 aromatic carbocycles. The summed E-state index contributed by atoms with van der Waals surface area (Å²) in [6, 6.07) is 8.06. The fourth-order valence-electron chi connectivity index (χ4n) is 4.44. The lowest BCUT2D eigenvalue weighted by Crippen LogP contribution is -2.27. The fourth-order valence-corrected chi connectivity index (χ4v) is 4.44. The Hall–Kier alpha value is -1.65. The third-order valence-corrected chi connectivity index (χ3v) is 6.64. The third kappa shape index (κ3) is 9.16. The number of esters is 1. The number of benzene rings is 1. The molecule has 0 amide bonds. The zero-order chi connectivity index (χ0) is 22.5. The second-order valence-corrected chi connectivity index (χ2v) is 8.86. The summed E-state index contributed by atoms with van der Waals surface area (Å²) in [7, 11) is 0. The van der Waals surface area contributed by atoms with Gasteiger partial charge in [0.25, 0.3) is 0 Å². The predicted octanol–water partition coefficient (Wildman–Crippen LogP) is 6.36. The van der Waals surface area contributed by atoms with Gasteiger partial charge in [0.2, 0.25) is 0 Å². The lowest BCUT2D eigenvalue weighted by Gasteiger charge is -2.29. The Morgan fingerprint density at radius 1 is 1.03 bits per heavy atom. The minimum atomic E-state index is -0.414. The van der Waals surface area contributed by atoms with Crippen molar-refractivity contribution in [2.45, 2.75) is 78.1 Å². The van der Waals surface area contributed by atoms with E-state index in [1.807, 2.05) is 12.1 Å². The summed E-state index contributed by atoms with van der Waals surface area (Å²) >= 11 is 0. The van der Waals surface area contributed by atoms with Crippen molar-refractivity contribution in [3.8, 4) is 5.75 Å². The highest BCUT2D eigenvalue weighted by molar-refractivity contribution is 5.89. The maximum absolute atomic E-state index is 12.3. The number of ether oxygens (including phenoxy) is 2.